The molecule has 4 amide bonds. The number of imide groups is 2. The molecule has 0 spiro atoms. The molecule has 9 heteroatoms. The molecule has 0 saturated carbocycles. The number of hydrogen-bond donors (Lipinski definition) is 1. The maximum atomic E-state index is 12.9. The Hall–Kier alpha value is -3.23. The summed E-state index contributed by atoms with van der Waals surface area (Å²) in [5, 5.41) is 2.12. The molecule has 156 valence electrons. The van der Waals surface area contributed by atoms with Crippen molar-refractivity contribution in [1.29, 1.82) is 0 Å². The molecule has 1 aromatic rings. The lowest BCUT2D eigenvalue weighted by Gasteiger charge is -2.28. The van der Waals surface area contributed by atoms with Crippen LogP contribution >= 0.6 is 0 Å². The monoisotopic (exact) mass is 404 g/mol. The molecule has 0 radical (unpaired) electrons. The number of amides is 4. The predicted octanol–water partition coefficient (Wildman–Crippen LogP) is 1.12. The largest absolute Gasteiger partial charge is 0.482 e. The number of rotatable bonds is 6. The van der Waals surface area contributed by atoms with Crippen molar-refractivity contribution in [3.63, 3.8) is 0 Å². The van der Waals surface area contributed by atoms with Crippen LogP contribution in [0.3, 0.4) is 0 Å². The Morgan fingerprint density at radius 2 is 1.97 bits per heavy atom. The van der Waals surface area contributed by atoms with Gasteiger partial charge in [0.05, 0.1) is 0 Å². The van der Waals surface area contributed by atoms with Gasteiger partial charge in [-0.15, -0.1) is 0 Å². The number of carbonyl (C=O) groups excluding carboxylic acids is 5. The summed E-state index contributed by atoms with van der Waals surface area (Å²) >= 11 is 0. The summed E-state index contributed by atoms with van der Waals surface area (Å²) in [4.78, 5) is 60.3. The van der Waals surface area contributed by atoms with Crippen molar-refractivity contribution in [1.82, 2.24) is 10.2 Å². The molecule has 1 aromatic carbocycles. The first-order valence-electron chi connectivity index (χ1n) is 9.09. The van der Waals surface area contributed by atoms with Crippen LogP contribution in [-0.4, -0.2) is 53.3 Å². The maximum absolute atomic E-state index is 12.9. The lowest BCUT2D eigenvalue weighted by atomic mass is 10.0. The van der Waals surface area contributed by atoms with E-state index in [-0.39, 0.29) is 37.2 Å². The number of aryl methyl sites for hydroxylation is 1. The van der Waals surface area contributed by atoms with Crippen LogP contribution in [0.15, 0.2) is 18.2 Å². The molecule has 1 fully saturated rings. The highest BCUT2D eigenvalue weighted by molar-refractivity contribution is 6.07. The van der Waals surface area contributed by atoms with Crippen LogP contribution in [0.2, 0.25) is 0 Å². The summed E-state index contributed by atoms with van der Waals surface area (Å²) in [7, 11) is 0. The number of hydrogen-bond acceptors (Lipinski definition) is 7. The fraction of sp³-hybridized carbons (Fsp3) is 0.450. The lowest BCUT2D eigenvalue weighted by molar-refractivity contribution is -0.157. The van der Waals surface area contributed by atoms with Gasteiger partial charge >= 0.3 is 5.97 Å². The maximum Gasteiger partial charge on any atom is 0.344 e. The molecule has 1 N–H and O–H groups in total. The zero-order chi connectivity index (χ0) is 21.8. The molecule has 1 heterocycles. The molecule has 9 nitrogen and oxygen atoms in total. The smallest absolute Gasteiger partial charge is 0.344 e. The van der Waals surface area contributed by atoms with E-state index in [1.165, 1.54) is 6.07 Å². The molecule has 1 aliphatic rings. The SMILES string of the molecule is Cc1ccc(OCC(=O)OC(C)(C)C)cc1C(=O)N(C=O)C1CCC(=O)NC1=O. The predicted molar refractivity (Wildman–Crippen MR) is 101 cm³/mol. The average Bonchev–Trinajstić information content (AvgIpc) is 2.61. The second-order valence-corrected chi connectivity index (χ2v) is 7.64. The summed E-state index contributed by atoms with van der Waals surface area (Å²) in [5.74, 6) is -2.17. The van der Waals surface area contributed by atoms with Crippen molar-refractivity contribution in [2.24, 2.45) is 0 Å². The van der Waals surface area contributed by atoms with Gasteiger partial charge in [-0.3, -0.25) is 29.4 Å². The molecule has 0 aliphatic carbocycles. The van der Waals surface area contributed by atoms with E-state index in [9.17, 15) is 24.0 Å². The minimum Gasteiger partial charge on any atom is -0.482 e. The second-order valence-electron chi connectivity index (χ2n) is 7.64. The highest BCUT2D eigenvalue weighted by Crippen LogP contribution is 2.21. The molecule has 1 unspecified atom stereocenters. The molecule has 0 aromatic heterocycles. The summed E-state index contributed by atoms with van der Waals surface area (Å²) in [6.07, 6.45) is 0.366. The number of nitrogens with zero attached hydrogens (tertiary/aromatic N) is 1. The van der Waals surface area contributed by atoms with Gasteiger partial charge in [0.1, 0.15) is 17.4 Å². The zero-order valence-corrected chi connectivity index (χ0v) is 16.8. The third kappa shape index (κ3) is 5.87. The Morgan fingerprint density at radius 3 is 2.55 bits per heavy atom. The molecular weight excluding hydrogens is 380 g/mol. The van der Waals surface area contributed by atoms with Gasteiger partial charge in [-0.2, -0.15) is 0 Å². The summed E-state index contributed by atoms with van der Waals surface area (Å²) in [6, 6.07) is 3.51. The Morgan fingerprint density at radius 1 is 1.28 bits per heavy atom. The molecule has 1 saturated heterocycles. The van der Waals surface area contributed by atoms with Crippen LogP contribution in [0, 0.1) is 6.92 Å². The zero-order valence-electron chi connectivity index (χ0n) is 16.8. The van der Waals surface area contributed by atoms with Gasteiger partial charge < -0.3 is 9.47 Å². The number of ether oxygens (including phenoxy) is 2. The highest BCUT2D eigenvalue weighted by Gasteiger charge is 2.35. The first kappa shape index (κ1) is 22.1. The van der Waals surface area contributed by atoms with Gasteiger partial charge in [-0.1, -0.05) is 6.07 Å². The molecule has 1 atom stereocenters. The van der Waals surface area contributed by atoms with Crippen molar-refractivity contribution < 1.29 is 33.4 Å². The van der Waals surface area contributed by atoms with Crippen LogP contribution in [-0.2, 0) is 23.9 Å². The minimum atomic E-state index is -1.07. The van der Waals surface area contributed by atoms with E-state index in [4.69, 9.17) is 9.47 Å². The molecule has 0 bridgehead atoms. The quantitative estimate of drug-likeness (QED) is 0.429. The molecule has 1 aliphatic heterocycles. The molecule has 29 heavy (non-hydrogen) atoms. The van der Waals surface area contributed by atoms with Gasteiger partial charge in [-0.05, 0) is 51.8 Å². The van der Waals surface area contributed by atoms with Gasteiger partial charge in [0.2, 0.25) is 18.2 Å². The van der Waals surface area contributed by atoms with Gasteiger partial charge in [0.15, 0.2) is 6.61 Å². The fourth-order valence-electron chi connectivity index (χ4n) is 2.78. The number of benzene rings is 1. The number of piperidine rings is 1. The summed E-state index contributed by atoms with van der Waals surface area (Å²) < 4.78 is 10.6. The Bertz CT molecular complexity index is 842. The minimum absolute atomic E-state index is 0.0338. The van der Waals surface area contributed by atoms with E-state index < -0.39 is 35.3 Å². The van der Waals surface area contributed by atoms with Gasteiger partial charge in [-0.25, -0.2) is 4.79 Å². The van der Waals surface area contributed by atoms with Crippen molar-refractivity contribution in [3.8, 4) is 5.75 Å². The van der Waals surface area contributed by atoms with E-state index in [0.29, 0.717) is 5.56 Å². The second kappa shape index (κ2) is 8.85. The Labute approximate surface area is 168 Å². The van der Waals surface area contributed by atoms with E-state index in [1.54, 1.807) is 39.8 Å². The van der Waals surface area contributed by atoms with Crippen molar-refractivity contribution in [2.75, 3.05) is 6.61 Å². The first-order valence-corrected chi connectivity index (χ1v) is 9.09. The third-order valence-electron chi connectivity index (χ3n) is 4.11. The molecule has 2 rings (SSSR count). The van der Waals surface area contributed by atoms with Crippen LogP contribution in [0.1, 0.15) is 49.5 Å². The van der Waals surface area contributed by atoms with E-state index in [1.807, 2.05) is 0 Å². The van der Waals surface area contributed by atoms with E-state index in [2.05, 4.69) is 5.32 Å². The average molecular weight is 404 g/mol. The number of carbonyl (C=O) groups is 5. The number of esters is 1. The normalized spacial score (nSPS) is 16.6. The van der Waals surface area contributed by atoms with E-state index in [0.717, 1.165) is 4.90 Å². The highest BCUT2D eigenvalue weighted by atomic mass is 16.6. The van der Waals surface area contributed by atoms with Crippen LogP contribution in [0.25, 0.3) is 0 Å². The van der Waals surface area contributed by atoms with Crippen molar-refractivity contribution in [3.05, 3.63) is 29.3 Å². The summed E-state index contributed by atoms with van der Waals surface area (Å²) in [6.45, 7) is 6.51. The number of nitrogens with one attached hydrogen (secondary N) is 1. The fourth-order valence-corrected chi connectivity index (χ4v) is 2.78. The van der Waals surface area contributed by atoms with Gasteiger partial charge in [0, 0.05) is 12.0 Å². The van der Waals surface area contributed by atoms with Crippen molar-refractivity contribution in [2.45, 2.75) is 52.2 Å². The first-order chi connectivity index (χ1) is 13.5. The molecular formula is C20H24N2O7. The van der Waals surface area contributed by atoms with Gasteiger partial charge in [0.25, 0.3) is 5.91 Å². The Kier molecular flexibility index (Phi) is 6.73. The standard InChI is InChI=1S/C20H24N2O7/c1-12-5-6-13(28-10-17(25)29-20(2,3)4)9-14(12)19(27)22(11-23)15-7-8-16(24)21-18(15)26/h5-6,9,11,15H,7-8,10H2,1-4H3,(H,21,24,26). The lowest BCUT2D eigenvalue weighted by Crippen LogP contribution is -2.53. The third-order valence-corrected chi connectivity index (χ3v) is 4.11. The Balaban J connectivity index is 2.16. The topological polar surface area (TPSA) is 119 Å². The van der Waals surface area contributed by atoms with Crippen LogP contribution in [0.5, 0.6) is 5.75 Å². The van der Waals surface area contributed by atoms with Crippen LogP contribution < -0.4 is 10.1 Å². The van der Waals surface area contributed by atoms with E-state index >= 15 is 0 Å². The summed E-state index contributed by atoms with van der Waals surface area (Å²) in [5.41, 5.74) is 0.0450. The van der Waals surface area contributed by atoms with Crippen molar-refractivity contribution >= 4 is 30.1 Å². The van der Waals surface area contributed by atoms with Crippen LogP contribution in [0.4, 0.5) is 0 Å².